The summed E-state index contributed by atoms with van der Waals surface area (Å²) in [5.74, 6) is 0.705. The summed E-state index contributed by atoms with van der Waals surface area (Å²) >= 11 is 0. The molecule has 1 fully saturated rings. The molecule has 0 spiro atoms. The Hall–Kier alpha value is -0.0800. The van der Waals surface area contributed by atoms with Gasteiger partial charge in [-0.05, 0) is 18.8 Å². The van der Waals surface area contributed by atoms with Crippen molar-refractivity contribution < 1.29 is 5.11 Å². The maximum absolute atomic E-state index is 8.80. The molecule has 1 aliphatic heterocycles. The van der Waals surface area contributed by atoms with Gasteiger partial charge in [-0.2, -0.15) is 0 Å². The molecule has 10 heavy (non-hydrogen) atoms. The van der Waals surface area contributed by atoms with Gasteiger partial charge in [0.15, 0.2) is 0 Å². The number of hydrogen-bond acceptors (Lipinski definition) is 2. The average Bonchev–Trinajstić information content (AvgIpc) is 2.34. The minimum atomic E-state index is 0.295. The molecule has 1 aliphatic rings. The summed E-state index contributed by atoms with van der Waals surface area (Å²) in [6, 6.07) is 1.00. The number of hydrogen-bond donors (Lipinski definition) is 2. The molecule has 0 bridgehead atoms. The molecule has 0 amide bonds. The highest BCUT2D eigenvalue weighted by atomic mass is 16.3. The Morgan fingerprint density at radius 2 is 2.20 bits per heavy atom. The Bertz CT molecular complexity index is 103. The fourth-order valence-electron chi connectivity index (χ4n) is 1.52. The molecule has 0 aromatic heterocycles. The van der Waals surface area contributed by atoms with Crippen LogP contribution < -0.4 is 5.32 Å². The molecule has 0 aromatic carbocycles. The van der Waals surface area contributed by atoms with Gasteiger partial charge in [0.25, 0.3) is 0 Å². The third-order valence-electron chi connectivity index (χ3n) is 2.30. The molecular weight excluding hydrogens is 126 g/mol. The second-order valence-electron chi connectivity index (χ2n) is 3.47. The van der Waals surface area contributed by atoms with Crippen molar-refractivity contribution in [1.82, 2.24) is 5.32 Å². The smallest absolute Gasteiger partial charge is 0.0584 e. The summed E-state index contributed by atoms with van der Waals surface area (Å²) in [4.78, 5) is 0. The maximum Gasteiger partial charge on any atom is 0.0584 e. The standard InChI is InChI=1S/C8H17NO/c1-6(2)8-4-3-7(5-10)9-8/h6-10H,3-5H2,1-2H3. The predicted octanol–water partition coefficient (Wildman–Crippen LogP) is 0.755. The minimum Gasteiger partial charge on any atom is -0.395 e. The van der Waals surface area contributed by atoms with Crippen molar-refractivity contribution in [1.29, 1.82) is 0 Å². The van der Waals surface area contributed by atoms with Crippen LogP contribution in [-0.2, 0) is 0 Å². The van der Waals surface area contributed by atoms with Crippen LogP contribution in [0.1, 0.15) is 26.7 Å². The van der Waals surface area contributed by atoms with E-state index in [9.17, 15) is 0 Å². The van der Waals surface area contributed by atoms with Crippen molar-refractivity contribution in [2.45, 2.75) is 38.8 Å². The lowest BCUT2D eigenvalue weighted by atomic mass is 10.0. The van der Waals surface area contributed by atoms with Crippen molar-refractivity contribution in [3.05, 3.63) is 0 Å². The van der Waals surface area contributed by atoms with Crippen molar-refractivity contribution in [3.8, 4) is 0 Å². The van der Waals surface area contributed by atoms with Gasteiger partial charge in [-0.3, -0.25) is 0 Å². The van der Waals surface area contributed by atoms with Crippen LogP contribution in [0.15, 0.2) is 0 Å². The molecule has 0 aliphatic carbocycles. The van der Waals surface area contributed by atoms with Gasteiger partial charge in [-0.1, -0.05) is 13.8 Å². The van der Waals surface area contributed by atoms with Gasteiger partial charge in [-0.15, -0.1) is 0 Å². The molecule has 0 radical (unpaired) electrons. The molecule has 0 saturated carbocycles. The summed E-state index contributed by atoms with van der Waals surface area (Å²) < 4.78 is 0. The SMILES string of the molecule is CC(C)C1CCC(CO)N1. The van der Waals surface area contributed by atoms with Crippen molar-refractivity contribution in [2.75, 3.05) is 6.61 Å². The number of aliphatic hydroxyl groups excluding tert-OH is 1. The fraction of sp³-hybridized carbons (Fsp3) is 1.00. The number of rotatable bonds is 2. The second kappa shape index (κ2) is 3.35. The van der Waals surface area contributed by atoms with E-state index in [1.165, 1.54) is 6.42 Å². The zero-order chi connectivity index (χ0) is 7.56. The summed E-state index contributed by atoms with van der Waals surface area (Å²) in [6.45, 7) is 4.73. The Labute approximate surface area is 62.6 Å². The Morgan fingerprint density at radius 1 is 1.50 bits per heavy atom. The van der Waals surface area contributed by atoms with Crippen molar-refractivity contribution >= 4 is 0 Å². The van der Waals surface area contributed by atoms with E-state index in [4.69, 9.17) is 5.11 Å². The molecule has 1 rings (SSSR count). The molecular formula is C8H17NO. The zero-order valence-corrected chi connectivity index (χ0v) is 6.80. The van der Waals surface area contributed by atoms with E-state index in [0.29, 0.717) is 24.6 Å². The Kier molecular flexibility index (Phi) is 2.69. The summed E-state index contributed by atoms with van der Waals surface area (Å²) in [5.41, 5.74) is 0. The second-order valence-corrected chi connectivity index (χ2v) is 3.47. The lowest BCUT2D eigenvalue weighted by Gasteiger charge is -2.15. The maximum atomic E-state index is 8.80. The molecule has 2 nitrogen and oxygen atoms in total. The van der Waals surface area contributed by atoms with Crippen molar-refractivity contribution in [3.63, 3.8) is 0 Å². The molecule has 2 atom stereocenters. The lowest BCUT2D eigenvalue weighted by molar-refractivity contribution is 0.248. The van der Waals surface area contributed by atoms with E-state index < -0.39 is 0 Å². The van der Waals surface area contributed by atoms with Gasteiger partial charge in [0.1, 0.15) is 0 Å². The first kappa shape index (κ1) is 8.02. The number of aliphatic hydroxyl groups is 1. The van der Waals surface area contributed by atoms with Gasteiger partial charge < -0.3 is 10.4 Å². The van der Waals surface area contributed by atoms with Gasteiger partial charge in [0, 0.05) is 12.1 Å². The molecule has 2 heteroatoms. The Balaban J connectivity index is 2.28. The molecule has 1 heterocycles. The van der Waals surface area contributed by atoms with Crippen molar-refractivity contribution in [2.24, 2.45) is 5.92 Å². The van der Waals surface area contributed by atoms with Crippen LogP contribution in [0.4, 0.5) is 0 Å². The van der Waals surface area contributed by atoms with E-state index in [0.717, 1.165) is 6.42 Å². The highest BCUT2D eigenvalue weighted by Gasteiger charge is 2.24. The average molecular weight is 143 g/mol. The molecule has 1 saturated heterocycles. The summed E-state index contributed by atoms with van der Waals surface area (Å²) in [6.07, 6.45) is 2.36. The number of nitrogens with one attached hydrogen (secondary N) is 1. The van der Waals surface area contributed by atoms with Gasteiger partial charge >= 0.3 is 0 Å². The largest absolute Gasteiger partial charge is 0.395 e. The first-order valence-electron chi connectivity index (χ1n) is 4.11. The topological polar surface area (TPSA) is 32.3 Å². The highest BCUT2D eigenvalue weighted by Crippen LogP contribution is 2.17. The van der Waals surface area contributed by atoms with Crippen LogP contribution >= 0.6 is 0 Å². The first-order chi connectivity index (χ1) is 4.74. The van der Waals surface area contributed by atoms with Gasteiger partial charge in [0.05, 0.1) is 6.61 Å². The summed E-state index contributed by atoms with van der Waals surface area (Å²) in [7, 11) is 0. The van der Waals surface area contributed by atoms with Crippen LogP contribution in [0.25, 0.3) is 0 Å². The molecule has 0 aromatic rings. The third kappa shape index (κ3) is 1.70. The zero-order valence-electron chi connectivity index (χ0n) is 6.80. The molecule has 60 valence electrons. The van der Waals surface area contributed by atoms with Gasteiger partial charge in [-0.25, -0.2) is 0 Å². The molecule has 2 N–H and O–H groups in total. The van der Waals surface area contributed by atoms with Crippen LogP contribution in [0.5, 0.6) is 0 Å². The van der Waals surface area contributed by atoms with E-state index >= 15 is 0 Å². The quantitative estimate of drug-likeness (QED) is 0.598. The third-order valence-corrected chi connectivity index (χ3v) is 2.30. The predicted molar refractivity (Wildman–Crippen MR) is 41.9 cm³/mol. The molecule has 2 unspecified atom stereocenters. The minimum absolute atomic E-state index is 0.295. The normalized spacial score (nSPS) is 33.6. The van der Waals surface area contributed by atoms with E-state index in [1.54, 1.807) is 0 Å². The van der Waals surface area contributed by atoms with E-state index in [-0.39, 0.29) is 0 Å². The fourth-order valence-corrected chi connectivity index (χ4v) is 1.52. The van der Waals surface area contributed by atoms with E-state index in [1.807, 2.05) is 0 Å². The Morgan fingerprint density at radius 3 is 2.50 bits per heavy atom. The lowest BCUT2D eigenvalue weighted by Crippen LogP contribution is -2.34. The van der Waals surface area contributed by atoms with Crippen LogP contribution in [0.3, 0.4) is 0 Å². The van der Waals surface area contributed by atoms with Gasteiger partial charge in [0.2, 0.25) is 0 Å². The monoisotopic (exact) mass is 143 g/mol. The first-order valence-corrected chi connectivity index (χ1v) is 4.11. The van der Waals surface area contributed by atoms with Crippen LogP contribution in [0, 0.1) is 5.92 Å². The van der Waals surface area contributed by atoms with Crippen LogP contribution in [0.2, 0.25) is 0 Å². The summed E-state index contributed by atoms with van der Waals surface area (Å²) in [5, 5.41) is 12.2. The van der Waals surface area contributed by atoms with Crippen LogP contribution in [-0.4, -0.2) is 23.8 Å². The van der Waals surface area contributed by atoms with E-state index in [2.05, 4.69) is 19.2 Å². The highest BCUT2D eigenvalue weighted by molar-refractivity contribution is 4.84.